The summed E-state index contributed by atoms with van der Waals surface area (Å²) >= 11 is 0. The van der Waals surface area contributed by atoms with Gasteiger partial charge in [-0.1, -0.05) is 12.1 Å². The molecule has 5 nitrogen and oxygen atoms in total. The van der Waals surface area contributed by atoms with Crippen molar-refractivity contribution in [1.82, 2.24) is 9.97 Å². The number of carbonyl (C=O) groups excluding carboxylic acids is 1. The van der Waals surface area contributed by atoms with Crippen LogP contribution in [-0.2, 0) is 0 Å². The van der Waals surface area contributed by atoms with Crippen molar-refractivity contribution in [2.45, 2.75) is 0 Å². The molecule has 4 N–H and O–H groups in total. The molecule has 0 saturated heterocycles. The van der Waals surface area contributed by atoms with Gasteiger partial charge < -0.3 is 11.5 Å². The van der Waals surface area contributed by atoms with Crippen molar-refractivity contribution in [3.05, 3.63) is 42.2 Å². The molecule has 16 heavy (non-hydrogen) atoms. The average Bonchev–Trinajstić information content (AvgIpc) is 2.30. The number of benzene rings is 1. The molecule has 0 aliphatic rings. The van der Waals surface area contributed by atoms with Crippen molar-refractivity contribution >= 4 is 11.7 Å². The summed E-state index contributed by atoms with van der Waals surface area (Å²) in [5.41, 5.74) is 12.7. The number of rotatable bonds is 2. The van der Waals surface area contributed by atoms with Crippen LogP contribution in [0.4, 0.5) is 5.82 Å². The lowest BCUT2D eigenvalue weighted by Gasteiger charge is -2.03. The Morgan fingerprint density at radius 3 is 2.25 bits per heavy atom. The average molecular weight is 214 g/mol. The second-order valence-electron chi connectivity index (χ2n) is 3.23. The lowest BCUT2D eigenvalue weighted by Crippen LogP contribution is -2.10. The number of nitrogens with zero attached hydrogens (tertiary/aromatic N) is 2. The minimum Gasteiger partial charge on any atom is -0.382 e. The molecule has 0 saturated carbocycles. The second kappa shape index (κ2) is 3.98. The number of amides is 1. The monoisotopic (exact) mass is 214 g/mol. The van der Waals surface area contributed by atoms with Gasteiger partial charge in [0.1, 0.15) is 11.5 Å². The fourth-order valence-electron chi connectivity index (χ4n) is 1.36. The predicted octanol–water partition coefficient (Wildman–Crippen LogP) is 0.825. The zero-order chi connectivity index (χ0) is 11.5. The smallest absolute Gasteiger partial charge is 0.248 e. The molecule has 0 bridgehead atoms. The van der Waals surface area contributed by atoms with E-state index in [0.29, 0.717) is 17.1 Å². The van der Waals surface area contributed by atoms with Gasteiger partial charge in [0, 0.05) is 23.5 Å². The third kappa shape index (κ3) is 1.83. The van der Waals surface area contributed by atoms with Crippen molar-refractivity contribution in [2.24, 2.45) is 5.73 Å². The fraction of sp³-hybridized carbons (Fsp3) is 0. The standard InChI is InChI=1S/C11H10N4O/c12-10-9(14-5-6-15-10)7-1-3-8(4-2-7)11(13)16/h1-6H,(H2,12,15)(H2,13,16). The molecule has 0 aliphatic heterocycles. The van der Waals surface area contributed by atoms with Gasteiger partial charge in [0.05, 0.1) is 0 Å². The predicted molar refractivity (Wildman–Crippen MR) is 60.4 cm³/mol. The summed E-state index contributed by atoms with van der Waals surface area (Å²) in [6, 6.07) is 6.73. The number of primary amides is 1. The minimum atomic E-state index is -0.460. The van der Waals surface area contributed by atoms with Crippen LogP contribution in [0.2, 0.25) is 0 Å². The van der Waals surface area contributed by atoms with Crippen LogP contribution < -0.4 is 11.5 Å². The lowest BCUT2D eigenvalue weighted by atomic mass is 10.1. The van der Waals surface area contributed by atoms with E-state index in [2.05, 4.69) is 9.97 Å². The van der Waals surface area contributed by atoms with E-state index in [9.17, 15) is 4.79 Å². The first-order chi connectivity index (χ1) is 7.68. The third-order valence-electron chi connectivity index (χ3n) is 2.17. The Kier molecular flexibility index (Phi) is 2.51. The molecule has 1 amide bonds. The van der Waals surface area contributed by atoms with Gasteiger partial charge in [-0.25, -0.2) is 4.98 Å². The molecule has 1 heterocycles. The zero-order valence-electron chi connectivity index (χ0n) is 8.42. The summed E-state index contributed by atoms with van der Waals surface area (Å²) in [6.07, 6.45) is 3.09. The van der Waals surface area contributed by atoms with E-state index in [0.717, 1.165) is 5.56 Å². The number of aromatic nitrogens is 2. The van der Waals surface area contributed by atoms with Crippen molar-refractivity contribution in [3.8, 4) is 11.3 Å². The number of nitrogen functional groups attached to an aromatic ring is 1. The van der Waals surface area contributed by atoms with Crippen LogP contribution in [0.3, 0.4) is 0 Å². The maximum absolute atomic E-state index is 10.9. The fourth-order valence-corrected chi connectivity index (χ4v) is 1.36. The third-order valence-corrected chi connectivity index (χ3v) is 2.17. The van der Waals surface area contributed by atoms with E-state index in [1.165, 1.54) is 6.20 Å². The highest BCUT2D eigenvalue weighted by molar-refractivity contribution is 5.93. The summed E-state index contributed by atoms with van der Waals surface area (Å²) in [6.45, 7) is 0. The highest BCUT2D eigenvalue weighted by atomic mass is 16.1. The van der Waals surface area contributed by atoms with Crippen LogP contribution in [0.5, 0.6) is 0 Å². The van der Waals surface area contributed by atoms with Crippen molar-refractivity contribution in [2.75, 3.05) is 5.73 Å². The summed E-state index contributed by atoms with van der Waals surface area (Å²) in [5, 5.41) is 0. The van der Waals surface area contributed by atoms with Gasteiger partial charge in [0.15, 0.2) is 0 Å². The normalized spacial score (nSPS) is 10.0. The van der Waals surface area contributed by atoms with Crippen LogP contribution in [0, 0.1) is 0 Å². The molecule has 1 aromatic heterocycles. The first kappa shape index (κ1) is 10.1. The molecule has 0 unspecified atom stereocenters. The summed E-state index contributed by atoms with van der Waals surface area (Å²) in [4.78, 5) is 18.9. The molecular weight excluding hydrogens is 204 g/mol. The van der Waals surface area contributed by atoms with Crippen LogP contribution in [0.1, 0.15) is 10.4 Å². The van der Waals surface area contributed by atoms with Crippen LogP contribution in [-0.4, -0.2) is 15.9 Å². The Balaban J connectivity index is 2.43. The Morgan fingerprint density at radius 2 is 1.69 bits per heavy atom. The Morgan fingerprint density at radius 1 is 1.06 bits per heavy atom. The number of hydrogen-bond donors (Lipinski definition) is 2. The van der Waals surface area contributed by atoms with Gasteiger partial charge in [-0.2, -0.15) is 0 Å². The largest absolute Gasteiger partial charge is 0.382 e. The molecule has 0 spiro atoms. The van der Waals surface area contributed by atoms with Crippen LogP contribution in [0.25, 0.3) is 11.3 Å². The highest BCUT2D eigenvalue weighted by Crippen LogP contribution is 2.21. The Labute approximate surface area is 92.1 Å². The van der Waals surface area contributed by atoms with Gasteiger partial charge in [0.2, 0.25) is 5.91 Å². The van der Waals surface area contributed by atoms with Crippen molar-refractivity contribution < 1.29 is 4.79 Å². The summed E-state index contributed by atoms with van der Waals surface area (Å²) < 4.78 is 0. The van der Waals surface area contributed by atoms with Crippen LogP contribution >= 0.6 is 0 Å². The van der Waals surface area contributed by atoms with E-state index in [-0.39, 0.29) is 0 Å². The maximum atomic E-state index is 10.9. The quantitative estimate of drug-likeness (QED) is 0.773. The molecule has 2 aromatic rings. The molecule has 5 heteroatoms. The second-order valence-corrected chi connectivity index (χ2v) is 3.23. The molecule has 0 fully saturated rings. The molecule has 0 atom stereocenters. The van der Waals surface area contributed by atoms with E-state index in [1.807, 2.05) is 0 Å². The van der Waals surface area contributed by atoms with E-state index in [4.69, 9.17) is 11.5 Å². The van der Waals surface area contributed by atoms with Crippen LogP contribution in [0.15, 0.2) is 36.7 Å². The van der Waals surface area contributed by atoms with Gasteiger partial charge in [0.25, 0.3) is 0 Å². The number of anilines is 1. The summed E-state index contributed by atoms with van der Waals surface area (Å²) in [7, 11) is 0. The minimum absolute atomic E-state index is 0.356. The first-order valence-corrected chi connectivity index (χ1v) is 4.65. The number of nitrogens with two attached hydrogens (primary N) is 2. The Hall–Kier alpha value is -2.43. The molecule has 2 rings (SSSR count). The maximum Gasteiger partial charge on any atom is 0.248 e. The molecular formula is C11H10N4O. The first-order valence-electron chi connectivity index (χ1n) is 4.65. The lowest BCUT2D eigenvalue weighted by molar-refractivity contribution is 0.100. The molecule has 80 valence electrons. The van der Waals surface area contributed by atoms with Gasteiger partial charge in [-0.15, -0.1) is 0 Å². The van der Waals surface area contributed by atoms with Crippen molar-refractivity contribution in [3.63, 3.8) is 0 Å². The number of hydrogen-bond acceptors (Lipinski definition) is 4. The van der Waals surface area contributed by atoms with E-state index < -0.39 is 5.91 Å². The zero-order valence-corrected chi connectivity index (χ0v) is 8.42. The highest BCUT2D eigenvalue weighted by Gasteiger charge is 2.05. The SMILES string of the molecule is NC(=O)c1ccc(-c2nccnc2N)cc1. The Bertz CT molecular complexity index is 522. The summed E-state index contributed by atoms with van der Waals surface area (Å²) in [5.74, 6) is -0.104. The molecule has 0 aliphatic carbocycles. The number of carbonyl (C=O) groups is 1. The van der Waals surface area contributed by atoms with E-state index >= 15 is 0 Å². The topological polar surface area (TPSA) is 94.9 Å². The molecule has 1 aromatic carbocycles. The molecule has 0 radical (unpaired) electrons. The van der Waals surface area contributed by atoms with Gasteiger partial charge in [-0.3, -0.25) is 9.78 Å². The van der Waals surface area contributed by atoms with Crippen molar-refractivity contribution in [1.29, 1.82) is 0 Å². The van der Waals surface area contributed by atoms with Gasteiger partial charge >= 0.3 is 0 Å². The van der Waals surface area contributed by atoms with Gasteiger partial charge in [-0.05, 0) is 12.1 Å². The van der Waals surface area contributed by atoms with E-state index in [1.54, 1.807) is 30.5 Å².